The van der Waals surface area contributed by atoms with Crippen LogP contribution in [0.15, 0.2) is 60.0 Å². The zero-order valence-corrected chi connectivity index (χ0v) is 18.0. The van der Waals surface area contributed by atoms with Crippen molar-refractivity contribution in [2.24, 2.45) is 7.05 Å². The molecular weight excluding hydrogens is 412 g/mol. The van der Waals surface area contributed by atoms with E-state index in [0.29, 0.717) is 34.8 Å². The fraction of sp³-hybridized carbons (Fsp3) is 0.174. The summed E-state index contributed by atoms with van der Waals surface area (Å²) < 4.78 is 7.24. The van der Waals surface area contributed by atoms with Crippen molar-refractivity contribution in [3.8, 4) is 5.75 Å². The Kier molecular flexibility index (Phi) is 5.99. The first-order valence-corrected chi connectivity index (χ1v) is 10.7. The summed E-state index contributed by atoms with van der Waals surface area (Å²) in [6.07, 6.45) is 0.572. The smallest absolute Gasteiger partial charge is 0.265 e. The molecule has 0 bridgehead atoms. The van der Waals surface area contributed by atoms with Gasteiger partial charge in [-0.2, -0.15) is 0 Å². The van der Waals surface area contributed by atoms with Crippen molar-refractivity contribution >= 4 is 39.9 Å². The number of para-hydroxylation sites is 1. The standard InChI is InChI=1S/C23H22N4O3S/c1-27-18-10-9-15(25-23(29)20-8-5-13-31-20)14-17(18)26-21(27)11-12-24-22(28)16-6-3-4-7-19(16)30-2/h3-10,13-14H,11-12H2,1-2H3,(H,24,28)(H,25,29). The topological polar surface area (TPSA) is 85.2 Å². The minimum absolute atomic E-state index is 0.135. The van der Waals surface area contributed by atoms with E-state index in [1.54, 1.807) is 31.4 Å². The lowest BCUT2D eigenvalue weighted by molar-refractivity contribution is 0.0950. The summed E-state index contributed by atoms with van der Waals surface area (Å²) in [5, 5.41) is 7.70. The van der Waals surface area contributed by atoms with Gasteiger partial charge in [0.05, 0.1) is 28.6 Å². The number of carbonyl (C=O) groups is 2. The molecule has 2 aromatic heterocycles. The third-order valence-corrected chi connectivity index (χ3v) is 5.83. The molecule has 0 spiro atoms. The molecule has 2 amide bonds. The molecule has 0 fully saturated rings. The summed E-state index contributed by atoms with van der Waals surface area (Å²) in [6, 6.07) is 16.4. The van der Waals surface area contributed by atoms with Gasteiger partial charge >= 0.3 is 0 Å². The second kappa shape index (κ2) is 9.01. The van der Waals surface area contributed by atoms with E-state index in [1.807, 2.05) is 47.3 Å². The molecule has 2 aromatic carbocycles. The number of aryl methyl sites for hydroxylation is 1. The molecule has 0 radical (unpaired) electrons. The average Bonchev–Trinajstić information content (AvgIpc) is 3.42. The number of methoxy groups -OCH3 is 1. The predicted octanol–water partition coefficient (Wildman–Crippen LogP) is 3.87. The molecule has 2 heterocycles. The van der Waals surface area contributed by atoms with E-state index in [2.05, 4.69) is 15.6 Å². The van der Waals surface area contributed by atoms with Crippen molar-refractivity contribution in [3.63, 3.8) is 0 Å². The van der Waals surface area contributed by atoms with Crippen LogP contribution in [0.4, 0.5) is 5.69 Å². The number of thiophene rings is 1. The summed E-state index contributed by atoms with van der Waals surface area (Å²) in [5.41, 5.74) is 2.94. The molecule has 2 N–H and O–H groups in total. The number of benzene rings is 2. The zero-order valence-electron chi connectivity index (χ0n) is 17.2. The number of hydrogen-bond acceptors (Lipinski definition) is 5. The van der Waals surface area contributed by atoms with Crippen LogP contribution >= 0.6 is 11.3 Å². The monoisotopic (exact) mass is 434 g/mol. The fourth-order valence-corrected chi connectivity index (χ4v) is 3.99. The van der Waals surface area contributed by atoms with Gasteiger partial charge in [0, 0.05) is 25.7 Å². The zero-order chi connectivity index (χ0) is 21.8. The third kappa shape index (κ3) is 4.44. The van der Waals surface area contributed by atoms with Gasteiger partial charge in [-0.3, -0.25) is 9.59 Å². The highest BCUT2D eigenvalue weighted by atomic mass is 32.1. The minimum atomic E-state index is -0.185. The van der Waals surface area contributed by atoms with Gasteiger partial charge in [0.2, 0.25) is 0 Å². The summed E-state index contributed by atoms with van der Waals surface area (Å²) in [5.74, 6) is 1.07. The highest BCUT2D eigenvalue weighted by molar-refractivity contribution is 7.12. The summed E-state index contributed by atoms with van der Waals surface area (Å²) >= 11 is 1.40. The van der Waals surface area contributed by atoms with Crippen LogP contribution in [0.1, 0.15) is 25.9 Å². The van der Waals surface area contributed by atoms with Gasteiger partial charge in [-0.25, -0.2) is 4.98 Å². The number of hydrogen-bond donors (Lipinski definition) is 2. The fourth-order valence-electron chi connectivity index (χ4n) is 3.37. The Labute approximate surface area is 183 Å². The molecule has 0 saturated carbocycles. The lowest BCUT2D eigenvalue weighted by atomic mass is 10.2. The van der Waals surface area contributed by atoms with Crippen molar-refractivity contribution in [3.05, 3.63) is 76.2 Å². The first kappa shape index (κ1) is 20.6. The Morgan fingerprint density at radius 2 is 1.94 bits per heavy atom. The number of nitrogens with zero attached hydrogens (tertiary/aromatic N) is 2. The number of nitrogens with one attached hydrogen (secondary N) is 2. The lowest BCUT2D eigenvalue weighted by Gasteiger charge is -2.09. The van der Waals surface area contributed by atoms with Crippen LogP contribution in [0.5, 0.6) is 5.75 Å². The number of ether oxygens (including phenoxy) is 1. The van der Waals surface area contributed by atoms with Gasteiger partial charge in [0.1, 0.15) is 11.6 Å². The summed E-state index contributed by atoms with van der Waals surface area (Å²) in [7, 11) is 3.49. The normalized spacial score (nSPS) is 10.8. The first-order valence-electron chi connectivity index (χ1n) is 9.78. The Hall–Kier alpha value is -3.65. The quantitative estimate of drug-likeness (QED) is 0.462. The number of imidazole rings is 1. The molecule has 0 saturated heterocycles. The van der Waals surface area contributed by atoms with E-state index in [0.717, 1.165) is 16.9 Å². The molecule has 158 valence electrons. The number of aromatic nitrogens is 2. The molecule has 0 aliphatic heterocycles. The van der Waals surface area contributed by atoms with Crippen molar-refractivity contribution in [1.29, 1.82) is 0 Å². The molecule has 4 rings (SSSR count). The Morgan fingerprint density at radius 3 is 2.71 bits per heavy atom. The second-order valence-electron chi connectivity index (χ2n) is 6.93. The van der Waals surface area contributed by atoms with Crippen LogP contribution in [-0.2, 0) is 13.5 Å². The highest BCUT2D eigenvalue weighted by Gasteiger charge is 2.13. The summed E-state index contributed by atoms with van der Waals surface area (Å²) in [4.78, 5) is 30.1. The summed E-state index contributed by atoms with van der Waals surface area (Å²) in [6.45, 7) is 0.440. The van der Waals surface area contributed by atoms with E-state index in [-0.39, 0.29) is 11.8 Å². The van der Waals surface area contributed by atoms with Gasteiger partial charge in [0.25, 0.3) is 11.8 Å². The molecule has 31 heavy (non-hydrogen) atoms. The Morgan fingerprint density at radius 1 is 1.10 bits per heavy atom. The van der Waals surface area contributed by atoms with Crippen LogP contribution in [0, 0.1) is 0 Å². The second-order valence-corrected chi connectivity index (χ2v) is 7.88. The molecule has 0 aliphatic carbocycles. The van der Waals surface area contributed by atoms with Crippen LogP contribution in [0.2, 0.25) is 0 Å². The van der Waals surface area contributed by atoms with E-state index in [1.165, 1.54) is 11.3 Å². The first-order chi connectivity index (χ1) is 15.1. The maximum atomic E-state index is 12.5. The highest BCUT2D eigenvalue weighted by Crippen LogP contribution is 2.21. The lowest BCUT2D eigenvalue weighted by Crippen LogP contribution is -2.26. The largest absolute Gasteiger partial charge is 0.496 e. The van der Waals surface area contributed by atoms with E-state index >= 15 is 0 Å². The van der Waals surface area contributed by atoms with Gasteiger partial charge in [-0.15, -0.1) is 11.3 Å². The number of carbonyl (C=O) groups excluding carboxylic acids is 2. The molecule has 4 aromatic rings. The van der Waals surface area contributed by atoms with Crippen LogP contribution in [0.3, 0.4) is 0 Å². The van der Waals surface area contributed by atoms with Crippen LogP contribution in [0.25, 0.3) is 11.0 Å². The van der Waals surface area contributed by atoms with Crippen molar-refractivity contribution in [2.45, 2.75) is 6.42 Å². The maximum Gasteiger partial charge on any atom is 0.265 e. The van der Waals surface area contributed by atoms with Crippen molar-refractivity contribution in [2.75, 3.05) is 19.0 Å². The molecule has 7 nitrogen and oxygen atoms in total. The van der Waals surface area contributed by atoms with Gasteiger partial charge in [-0.05, 0) is 41.8 Å². The average molecular weight is 435 g/mol. The molecule has 8 heteroatoms. The third-order valence-electron chi connectivity index (χ3n) is 4.96. The van der Waals surface area contributed by atoms with Crippen molar-refractivity contribution in [1.82, 2.24) is 14.9 Å². The maximum absolute atomic E-state index is 12.5. The number of rotatable bonds is 7. The van der Waals surface area contributed by atoms with E-state index < -0.39 is 0 Å². The molecular formula is C23H22N4O3S. The van der Waals surface area contributed by atoms with Crippen LogP contribution < -0.4 is 15.4 Å². The minimum Gasteiger partial charge on any atom is -0.496 e. The van der Waals surface area contributed by atoms with Crippen LogP contribution in [-0.4, -0.2) is 35.0 Å². The van der Waals surface area contributed by atoms with E-state index in [9.17, 15) is 9.59 Å². The van der Waals surface area contributed by atoms with Gasteiger partial charge < -0.3 is 19.9 Å². The van der Waals surface area contributed by atoms with E-state index in [4.69, 9.17) is 4.74 Å². The number of fused-ring (bicyclic) bond motifs is 1. The Bertz CT molecular complexity index is 1230. The van der Waals surface area contributed by atoms with Gasteiger partial charge in [-0.1, -0.05) is 18.2 Å². The number of amides is 2. The predicted molar refractivity (Wildman–Crippen MR) is 122 cm³/mol. The molecule has 0 aliphatic rings. The van der Waals surface area contributed by atoms with Crippen molar-refractivity contribution < 1.29 is 14.3 Å². The molecule has 0 atom stereocenters. The number of anilines is 1. The molecule has 0 unspecified atom stereocenters. The SMILES string of the molecule is COc1ccccc1C(=O)NCCc1nc2cc(NC(=O)c3cccs3)ccc2n1C. The Balaban J connectivity index is 1.43. The van der Waals surface area contributed by atoms with Gasteiger partial charge in [0.15, 0.2) is 0 Å².